The Hall–Kier alpha value is 1.79. The number of carboxylic acid groups (broad SMARTS) is 2. The molecule has 3 nitrogen and oxygen atoms in total. The minimum Gasteiger partial charge on any atom is -1.00 e. The molecule has 0 bridgehead atoms. The third-order valence-corrected chi connectivity index (χ3v) is 0. The Bertz CT molecular complexity index is 44.3. The molecule has 0 aromatic carbocycles. The summed E-state index contributed by atoms with van der Waals surface area (Å²) in [4.78, 5) is 8.56. The van der Waals surface area contributed by atoms with Crippen LogP contribution < -0.4 is 0 Å². The molecule has 0 atom stereocenters. The van der Waals surface area contributed by atoms with Gasteiger partial charge in [-0.05, 0) is 0 Å². The zero-order valence-corrected chi connectivity index (χ0v) is 7.63. The van der Waals surface area contributed by atoms with Gasteiger partial charge in [-0.2, -0.15) is 0 Å². The third-order valence-electron chi connectivity index (χ3n) is 0. The Kier molecular flexibility index (Phi) is 52.0. The molecule has 5 heteroatoms. The van der Waals surface area contributed by atoms with Crippen LogP contribution in [0.15, 0.2) is 0 Å². The van der Waals surface area contributed by atoms with Gasteiger partial charge >= 0.3 is 81.6 Å². The van der Waals surface area contributed by atoms with E-state index in [-0.39, 0.29) is 88.6 Å². The predicted octanol–water partition coefficient (Wildman–Crippen LogP) is 0.547. The number of hydrogen-bond acceptors (Lipinski definition) is 1. The van der Waals surface area contributed by atoms with Gasteiger partial charge in [0.25, 0.3) is 0 Å². The Morgan fingerprint density at radius 3 is 1.29 bits per heavy atom. The van der Waals surface area contributed by atoms with Crippen molar-refractivity contribution in [1.29, 1.82) is 0 Å². The molecular formula is C2H10Ca2O3. The van der Waals surface area contributed by atoms with E-state index in [0.717, 1.165) is 0 Å². The summed E-state index contributed by atoms with van der Waals surface area (Å²) >= 11 is 0. The van der Waals surface area contributed by atoms with Crippen LogP contribution in [0.4, 0.5) is 4.79 Å². The van der Waals surface area contributed by atoms with Crippen LogP contribution in [0.2, 0.25) is 0 Å². The molecule has 0 unspecified atom stereocenters. The molecule has 0 heterocycles. The van der Waals surface area contributed by atoms with Gasteiger partial charge in [-0.25, -0.2) is 4.79 Å². The van der Waals surface area contributed by atoms with Gasteiger partial charge < -0.3 is 15.9 Å². The van der Waals surface area contributed by atoms with Crippen LogP contribution in [0.5, 0.6) is 0 Å². The van der Waals surface area contributed by atoms with Crippen LogP contribution in [0.25, 0.3) is 0 Å². The number of carbonyl (C=O) groups is 1. The van der Waals surface area contributed by atoms with Crippen LogP contribution >= 0.6 is 0 Å². The smallest absolute Gasteiger partial charge is 1.00 e. The van der Waals surface area contributed by atoms with E-state index in [2.05, 4.69) is 0 Å². The third kappa shape index (κ3) is 81.5. The van der Waals surface area contributed by atoms with E-state index in [1.54, 1.807) is 0 Å². The van der Waals surface area contributed by atoms with Gasteiger partial charge in [-0.3, -0.25) is 0 Å². The maximum atomic E-state index is 8.56. The fraction of sp³-hybridized carbons (Fsp3) is 0.500. The van der Waals surface area contributed by atoms with Gasteiger partial charge in [-0.1, -0.05) is 7.43 Å². The first kappa shape index (κ1) is 23.2. The number of rotatable bonds is 0. The maximum Gasteiger partial charge on any atom is 2.00 e. The van der Waals surface area contributed by atoms with Crippen molar-refractivity contribution < 1.29 is 20.7 Å². The van der Waals surface area contributed by atoms with E-state index in [4.69, 9.17) is 15.0 Å². The van der Waals surface area contributed by atoms with Crippen molar-refractivity contribution >= 4 is 81.6 Å². The standard InChI is InChI=1S/CH2O3.CH4.2Ca.4H/c2-1(3)4;;;;;;;/h(H2,2,3,4);1H4;;;;;;/q;;2*+2;4*-1. The molecule has 0 aliphatic carbocycles. The van der Waals surface area contributed by atoms with Crippen molar-refractivity contribution in [1.82, 2.24) is 0 Å². The second-order valence-corrected chi connectivity index (χ2v) is 0.283. The molecule has 0 fully saturated rings. The van der Waals surface area contributed by atoms with Crippen molar-refractivity contribution in [3.05, 3.63) is 0 Å². The van der Waals surface area contributed by atoms with Gasteiger partial charge in [0.1, 0.15) is 0 Å². The van der Waals surface area contributed by atoms with E-state index >= 15 is 0 Å². The minimum atomic E-state index is -1.83. The fourth-order valence-corrected chi connectivity index (χ4v) is 0. The molecule has 0 rings (SSSR count). The van der Waals surface area contributed by atoms with Crippen molar-refractivity contribution in [3.63, 3.8) is 0 Å². The van der Waals surface area contributed by atoms with Crippen LogP contribution in [0, 0.1) is 0 Å². The average molecular weight is 162 g/mol. The van der Waals surface area contributed by atoms with Crippen molar-refractivity contribution in [3.8, 4) is 0 Å². The van der Waals surface area contributed by atoms with Crippen LogP contribution in [-0.4, -0.2) is 91.8 Å². The molecule has 0 radical (unpaired) electrons. The van der Waals surface area contributed by atoms with Crippen LogP contribution in [0.3, 0.4) is 0 Å². The topological polar surface area (TPSA) is 57.5 Å². The van der Waals surface area contributed by atoms with Crippen molar-refractivity contribution in [2.75, 3.05) is 0 Å². The summed E-state index contributed by atoms with van der Waals surface area (Å²) < 4.78 is 0. The summed E-state index contributed by atoms with van der Waals surface area (Å²) in [5.41, 5.74) is 0. The molecule has 0 saturated heterocycles. The van der Waals surface area contributed by atoms with E-state index in [9.17, 15) is 0 Å². The molecule has 0 amide bonds. The summed E-state index contributed by atoms with van der Waals surface area (Å²) in [5.74, 6) is 0. The first-order valence-electron chi connectivity index (χ1n) is 0.651. The van der Waals surface area contributed by atoms with Gasteiger partial charge in [0, 0.05) is 0 Å². The second-order valence-electron chi connectivity index (χ2n) is 0.283. The molecule has 0 aliphatic rings. The molecule has 0 aromatic heterocycles. The Morgan fingerprint density at radius 2 is 1.29 bits per heavy atom. The first-order chi connectivity index (χ1) is 1.73. The molecular weight excluding hydrogens is 152 g/mol. The zero-order chi connectivity index (χ0) is 3.58. The predicted molar refractivity (Wildman–Crippen MR) is 33.3 cm³/mol. The summed E-state index contributed by atoms with van der Waals surface area (Å²) in [6.07, 6.45) is -1.83. The summed E-state index contributed by atoms with van der Waals surface area (Å²) in [6.45, 7) is 0. The molecule has 0 spiro atoms. The minimum absolute atomic E-state index is 0. The molecule has 40 valence electrons. The summed E-state index contributed by atoms with van der Waals surface area (Å²) in [6, 6.07) is 0. The van der Waals surface area contributed by atoms with Gasteiger partial charge in [0.2, 0.25) is 0 Å². The monoisotopic (exact) mass is 162 g/mol. The maximum absolute atomic E-state index is 8.56. The molecule has 2 N–H and O–H groups in total. The van der Waals surface area contributed by atoms with E-state index in [1.807, 2.05) is 0 Å². The van der Waals surface area contributed by atoms with Crippen molar-refractivity contribution in [2.24, 2.45) is 0 Å². The van der Waals surface area contributed by atoms with Crippen molar-refractivity contribution in [2.45, 2.75) is 7.43 Å². The largest absolute Gasteiger partial charge is 2.00 e. The molecule has 7 heavy (non-hydrogen) atoms. The molecule has 0 aromatic rings. The second kappa shape index (κ2) is 15.7. The van der Waals surface area contributed by atoms with E-state index in [1.165, 1.54) is 0 Å². The van der Waals surface area contributed by atoms with Gasteiger partial charge in [0.05, 0.1) is 0 Å². The van der Waals surface area contributed by atoms with Gasteiger partial charge in [0.15, 0.2) is 0 Å². The Labute approximate surface area is 108 Å². The zero-order valence-electron chi connectivity index (χ0n) is 7.22. The first-order valence-corrected chi connectivity index (χ1v) is 0.651. The normalized spacial score (nSPS) is 3.43. The number of hydrogen-bond donors (Lipinski definition) is 2. The Morgan fingerprint density at radius 1 is 1.29 bits per heavy atom. The van der Waals surface area contributed by atoms with Gasteiger partial charge in [-0.15, -0.1) is 0 Å². The molecule has 0 aliphatic heterocycles. The van der Waals surface area contributed by atoms with Crippen LogP contribution in [-0.2, 0) is 0 Å². The van der Waals surface area contributed by atoms with Crippen LogP contribution in [0.1, 0.15) is 13.1 Å². The van der Waals surface area contributed by atoms with E-state index in [0.29, 0.717) is 0 Å². The summed E-state index contributed by atoms with van der Waals surface area (Å²) in [7, 11) is 0. The quantitative estimate of drug-likeness (QED) is 0.511. The average Bonchev–Trinajstić information content (AvgIpc) is 0.811. The van der Waals surface area contributed by atoms with E-state index < -0.39 is 6.16 Å². The molecule has 0 saturated carbocycles. The summed E-state index contributed by atoms with van der Waals surface area (Å²) in [5, 5.41) is 13.9. The Balaban J connectivity index is -0.00000000214. The SMILES string of the molecule is C.O=C(O)O.[Ca+2].[Ca+2].[H-].[H-].[H-].[H-]. The fourth-order valence-electron chi connectivity index (χ4n) is 0.